The van der Waals surface area contributed by atoms with Crippen molar-refractivity contribution in [3.05, 3.63) is 59.7 Å². The van der Waals surface area contributed by atoms with Gasteiger partial charge in [0.05, 0.1) is 15.4 Å². The third-order valence-electron chi connectivity index (χ3n) is 4.25. The molecule has 0 spiro atoms. The van der Waals surface area contributed by atoms with E-state index in [4.69, 9.17) is 0 Å². The molecule has 1 heterocycles. The molecule has 7 nitrogen and oxygen atoms in total. The van der Waals surface area contributed by atoms with Crippen LogP contribution in [0.3, 0.4) is 0 Å². The number of sulfonamides is 2. The van der Waals surface area contributed by atoms with E-state index >= 15 is 0 Å². The van der Waals surface area contributed by atoms with Crippen LogP contribution in [-0.4, -0.2) is 40.1 Å². The number of halogens is 3. The molecule has 29 heavy (non-hydrogen) atoms. The SMILES string of the molecule is O=C(NS(=O)(=O)c1cccc(S(=O)(=O)N2CCC2)c1)c1cccc(C(F)(F)F)c1. The van der Waals surface area contributed by atoms with Crippen LogP contribution < -0.4 is 4.72 Å². The first kappa shape index (κ1) is 21.3. The lowest BCUT2D eigenvalue weighted by Gasteiger charge is -2.29. The molecule has 0 atom stereocenters. The van der Waals surface area contributed by atoms with E-state index in [-0.39, 0.29) is 4.90 Å². The highest BCUT2D eigenvalue weighted by Gasteiger charge is 2.32. The van der Waals surface area contributed by atoms with Gasteiger partial charge in [0.15, 0.2) is 0 Å². The zero-order valence-electron chi connectivity index (χ0n) is 14.7. The summed E-state index contributed by atoms with van der Waals surface area (Å²) in [5.74, 6) is -1.27. The first-order chi connectivity index (χ1) is 13.4. The maximum absolute atomic E-state index is 12.8. The number of rotatable bonds is 5. The van der Waals surface area contributed by atoms with Crippen LogP contribution in [-0.2, 0) is 26.2 Å². The van der Waals surface area contributed by atoms with E-state index in [0.29, 0.717) is 25.6 Å². The molecule has 1 aliphatic rings. The van der Waals surface area contributed by atoms with Crippen LogP contribution in [0.15, 0.2) is 58.3 Å². The van der Waals surface area contributed by atoms with Gasteiger partial charge in [0.1, 0.15) is 0 Å². The summed E-state index contributed by atoms with van der Waals surface area (Å²) in [6.45, 7) is 0.650. The molecule has 1 amide bonds. The Balaban J connectivity index is 1.87. The number of nitrogens with one attached hydrogen (secondary N) is 1. The predicted octanol–water partition coefficient (Wildman–Crippen LogP) is 2.22. The molecule has 1 aliphatic heterocycles. The highest BCUT2D eigenvalue weighted by atomic mass is 32.2. The summed E-state index contributed by atoms with van der Waals surface area (Å²) in [4.78, 5) is 11.4. The van der Waals surface area contributed by atoms with E-state index in [0.717, 1.165) is 30.3 Å². The van der Waals surface area contributed by atoms with Gasteiger partial charge in [-0.15, -0.1) is 0 Å². The standard InChI is InChI=1S/C17H15F3N2O5S2/c18-17(19,20)13-5-1-4-12(10-13)16(23)21-28(24,25)14-6-2-7-15(11-14)29(26,27)22-8-3-9-22/h1-2,4-7,10-11H,3,8-9H2,(H,21,23). The lowest BCUT2D eigenvalue weighted by Crippen LogP contribution is -2.42. The van der Waals surface area contributed by atoms with Gasteiger partial charge in [-0.2, -0.15) is 17.5 Å². The quantitative estimate of drug-likeness (QED) is 0.756. The maximum Gasteiger partial charge on any atom is 0.416 e. The fourth-order valence-electron chi connectivity index (χ4n) is 2.56. The molecular formula is C17H15F3N2O5S2. The maximum atomic E-state index is 12.8. The Labute approximate surface area is 165 Å². The molecule has 0 bridgehead atoms. The van der Waals surface area contributed by atoms with E-state index in [1.807, 2.05) is 0 Å². The molecule has 3 rings (SSSR count). The fourth-order valence-corrected chi connectivity index (χ4v) is 5.21. The van der Waals surface area contributed by atoms with Crippen molar-refractivity contribution < 1.29 is 34.8 Å². The van der Waals surface area contributed by atoms with Gasteiger partial charge in [0, 0.05) is 18.7 Å². The van der Waals surface area contributed by atoms with Crippen LogP contribution >= 0.6 is 0 Å². The third kappa shape index (κ3) is 4.43. The van der Waals surface area contributed by atoms with Crippen molar-refractivity contribution in [2.24, 2.45) is 0 Å². The minimum atomic E-state index is -4.70. The van der Waals surface area contributed by atoms with Gasteiger partial charge >= 0.3 is 6.18 Å². The molecule has 2 aromatic carbocycles. The second kappa shape index (κ2) is 7.43. The second-order valence-electron chi connectivity index (χ2n) is 6.25. The summed E-state index contributed by atoms with van der Waals surface area (Å²) in [7, 11) is -8.37. The number of carbonyl (C=O) groups is 1. The summed E-state index contributed by atoms with van der Waals surface area (Å²) in [5.41, 5.74) is -1.61. The number of hydrogen-bond donors (Lipinski definition) is 1. The molecule has 0 saturated carbocycles. The summed E-state index contributed by atoms with van der Waals surface area (Å²) in [6, 6.07) is 7.68. The van der Waals surface area contributed by atoms with Crippen molar-refractivity contribution in [1.29, 1.82) is 0 Å². The molecule has 156 valence electrons. The Morgan fingerprint density at radius 2 is 1.55 bits per heavy atom. The van der Waals surface area contributed by atoms with Gasteiger partial charge in [-0.1, -0.05) is 12.1 Å². The molecule has 2 aromatic rings. The van der Waals surface area contributed by atoms with Crippen molar-refractivity contribution in [3.63, 3.8) is 0 Å². The van der Waals surface area contributed by atoms with E-state index in [2.05, 4.69) is 0 Å². The number of carbonyl (C=O) groups excluding carboxylic acids is 1. The number of hydrogen-bond acceptors (Lipinski definition) is 5. The Morgan fingerprint density at radius 1 is 0.931 bits per heavy atom. The average molecular weight is 448 g/mol. The third-order valence-corrected chi connectivity index (χ3v) is 7.47. The first-order valence-electron chi connectivity index (χ1n) is 8.26. The minimum Gasteiger partial charge on any atom is -0.268 e. The molecule has 1 N–H and O–H groups in total. The monoisotopic (exact) mass is 448 g/mol. The van der Waals surface area contributed by atoms with Crippen LogP contribution in [0.2, 0.25) is 0 Å². The van der Waals surface area contributed by atoms with E-state index in [1.54, 1.807) is 4.72 Å². The van der Waals surface area contributed by atoms with E-state index in [9.17, 15) is 34.8 Å². The summed E-state index contributed by atoms with van der Waals surface area (Å²) < 4.78 is 90.9. The largest absolute Gasteiger partial charge is 0.416 e. The van der Waals surface area contributed by atoms with Crippen molar-refractivity contribution in [2.75, 3.05) is 13.1 Å². The summed E-state index contributed by atoms with van der Waals surface area (Å²) in [5, 5.41) is 0. The van der Waals surface area contributed by atoms with Crippen LogP contribution in [0, 0.1) is 0 Å². The van der Waals surface area contributed by atoms with Gasteiger partial charge in [-0.25, -0.2) is 21.6 Å². The van der Waals surface area contributed by atoms with Gasteiger partial charge in [-0.05, 0) is 42.8 Å². The fraction of sp³-hybridized carbons (Fsp3) is 0.235. The Bertz CT molecular complexity index is 1160. The minimum absolute atomic E-state index is 0.258. The lowest BCUT2D eigenvalue weighted by atomic mass is 10.1. The molecule has 0 unspecified atom stereocenters. The Morgan fingerprint density at radius 3 is 2.14 bits per heavy atom. The van der Waals surface area contributed by atoms with Crippen molar-refractivity contribution in [3.8, 4) is 0 Å². The number of amides is 1. The van der Waals surface area contributed by atoms with E-state index < -0.39 is 48.2 Å². The van der Waals surface area contributed by atoms with Crippen molar-refractivity contribution >= 4 is 26.0 Å². The summed E-state index contributed by atoms with van der Waals surface area (Å²) >= 11 is 0. The number of alkyl halides is 3. The van der Waals surface area contributed by atoms with Gasteiger partial charge in [0.25, 0.3) is 15.9 Å². The predicted molar refractivity (Wildman–Crippen MR) is 95.9 cm³/mol. The van der Waals surface area contributed by atoms with Gasteiger partial charge in [0.2, 0.25) is 10.0 Å². The average Bonchev–Trinajstić information content (AvgIpc) is 2.59. The smallest absolute Gasteiger partial charge is 0.268 e. The lowest BCUT2D eigenvalue weighted by molar-refractivity contribution is -0.137. The van der Waals surface area contributed by atoms with Crippen LogP contribution in [0.4, 0.5) is 13.2 Å². The highest BCUT2D eigenvalue weighted by Crippen LogP contribution is 2.29. The van der Waals surface area contributed by atoms with Crippen LogP contribution in [0.5, 0.6) is 0 Å². The second-order valence-corrected chi connectivity index (χ2v) is 9.87. The highest BCUT2D eigenvalue weighted by molar-refractivity contribution is 7.90. The van der Waals surface area contributed by atoms with Crippen molar-refractivity contribution in [1.82, 2.24) is 9.03 Å². The zero-order chi connectivity index (χ0) is 21.4. The van der Waals surface area contributed by atoms with Crippen LogP contribution in [0.1, 0.15) is 22.3 Å². The summed E-state index contributed by atoms with van der Waals surface area (Å²) in [6.07, 6.45) is -4.00. The zero-order valence-corrected chi connectivity index (χ0v) is 16.3. The Hall–Kier alpha value is -2.44. The number of nitrogens with zero attached hydrogens (tertiary/aromatic N) is 1. The molecule has 1 saturated heterocycles. The van der Waals surface area contributed by atoms with Gasteiger partial charge < -0.3 is 0 Å². The van der Waals surface area contributed by atoms with Gasteiger partial charge in [-0.3, -0.25) is 4.79 Å². The number of benzene rings is 2. The normalized spacial score (nSPS) is 15.6. The van der Waals surface area contributed by atoms with E-state index in [1.165, 1.54) is 16.4 Å². The molecule has 12 heteroatoms. The molecule has 0 aliphatic carbocycles. The molecule has 0 aromatic heterocycles. The molecule has 0 radical (unpaired) electrons. The first-order valence-corrected chi connectivity index (χ1v) is 11.2. The van der Waals surface area contributed by atoms with Crippen LogP contribution in [0.25, 0.3) is 0 Å². The van der Waals surface area contributed by atoms with Crippen molar-refractivity contribution in [2.45, 2.75) is 22.4 Å². The topological polar surface area (TPSA) is 101 Å². The molecular weight excluding hydrogens is 433 g/mol. The molecule has 1 fully saturated rings. The Kier molecular flexibility index (Phi) is 5.45.